The van der Waals surface area contributed by atoms with Gasteiger partial charge in [0.1, 0.15) is 0 Å². The second-order valence-corrected chi connectivity index (χ2v) is 5.04. The summed E-state index contributed by atoms with van der Waals surface area (Å²) in [5.41, 5.74) is 0. The summed E-state index contributed by atoms with van der Waals surface area (Å²) in [6.07, 6.45) is 2.78. The Kier molecular flexibility index (Phi) is 4.00. The van der Waals surface area contributed by atoms with E-state index in [1.165, 1.54) is 12.8 Å². The molecule has 1 saturated heterocycles. The molecule has 2 aliphatic rings. The van der Waals surface area contributed by atoms with Crippen molar-refractivity contribution in [2.75, 3.05) is 32.8 Å². The number of piperazine rings is 1. The molecule has 1 aliphatic heterocycles. The Morgan fingerprint density at radius 3 is 2.87 bits per heavy atom. The third-order valence-electron chi connectivity index (χ3n) is 3.74. The van der Waals surface area contributed by atoms with E-state index in [0.717, 1.165) is 38.8 Å². The van der Waals surface area contributed by atoms with Gasteiger partial charge in [-0.2, -0.15) is 0 Å². The van der Waals surface area contributed by atoms with Gasteiger partial charge in [-0.1, -0.05) is 0 Å². The Morgan fingerprint density at radius 1 is 1.33 bits per heavy atom. The zero-order valence-corrected chi connectivity index (χ0v) is 10.0. The van der Waals surface area contributed by atoms with E-state index in [2.05, 4.69) is 24.1 Å². The maximum Gasteiger partial charge on any atom is 0.0593 e. The van der Waals surface area contributed by atoms with Crippen LogP contribution in [0.15, 0.2) is 0 Å². The Morgan fingerprint density at radius 2 is 2.13 bits per heavy atom. The molecule has 1 N–H and O–H groups in total. The molecular formula is C12H24N2O. The van der Waals surface area contributed by atoms with Crippen molar-refractivity contribution >= 4 is 0 Å². The molecule has 0 bridgehead atoms. The molecule has 88 valence electrons. The number of hydrogen-bond acceptors (Lipinski definition) is 3. The van der Waals surface area contributed by atoms with Crippen LogP contribution in [0.1, 0.15) is 26.7 Å². The number of rotatable bonds is 5. The Balaban J connectivity index is 1.59. The van der Waals surface area contributed by atoms with Crippen LogP contribution in [0, 0.1) is 5.92 Å². The highest BCUT2D eigenvalue weighted by molar-refractivity contribution is 4.83. The zero-order chi connectivity index (χ0) is 10.7. The molecule has 3 heteroatoms. The van der Waals surface area contributed by atoms with Gasteiger partial charge in [0.25, 0.3) is 0 Å². The van der Waals surface area contributed by atoms with E-state index in [0.29, 0.717) is 12.1 Å². The highest BCUT2D eigenvalue weighted by atomic mass is 16.5. The maximum atomic E-state index is 5.68. The molecule has 2 rings (SSSR count). The highest BCUT2D eigenvalue weighted by Gasteiger charge is 2.24. The molecule has 1 aliphatic carbocycles. The van der Waals surface area contributed by atoms with Gasteiger partial charge in [-0.25, -0.2) is 0 Å². The molecule has 0 amide bonds. The fourth-order valence-corrected chi connectivity index (χ4v) is 2.16. The van der Waals surface area contributed by atoms with E-state index in [1.54, 1.807) is 0 Å². The third-order valence-corrected chi connectivity index (χ3v) is 3.74. The SMILES string of the molecule is CC1NCCN(CCOCC2CC2)C1C. The predicted octanol–water partition coefficient (Wildman–Crippen LogP) is 1.10. The Labute approximate surface area is 93.2 Å². The molecule has 1 heterocycles. The van der Waals surface area contributed by atoms with Crippen LogP contribution in [-0.2, 0) is 4.74 Å². The lowest BCUT2D eigenvalue weighted by atomic mass is 10.1. The first-order valence-corrected chi connectivity index (χ1v) is 6.32. The topological polar surface area (TPSA) is 24.5 Å². The van der Waals surface area contributed by atoms with Crippen molar-refractivity contribution in [2.24, 2.45) is 5.92 Å². The number of ether oxygens (including phenoxy) is 1. The van der Waals surface area contributed by atoms with Crippen LogP contribution in [0.5, 0.6) is 0 Å². The van der Waals surface area contributed by atoms with Crippen LogP contribution >= 0.6 is 0 Å². The minimum Gasteiger partial charge on any atom is -0.380 e. The van der Waals surface area contributed by atoms with Crippen molar-refractivity contribution in [3.8, 4) is 0 Å². The van der Waals surface area contributed by atoms with Gasteiger partial charge in [0, 0.05) is 38.3 Å². The van der Waals surface area contributed by atoms with Crippen molar-refractivity contribution in [1.82, 2.24) is 10.2 Å². The summed E-state index contributed by atoms with van der Waals surface area (Å²) < 4.78 is 5.68. The lowest BCUT2D eigenvalue weighted by Gasteiger charge is -2.38. The first kappa shape index (κ1) is 11.4. The molecule has 0 radical (unpaired) electrons. The van der Waals surface area contributed by atoms with Gasteiger partial charge in [-0.05, 0) is 32.6 Å². The van der Waals surface area contributed by atoms with Crippen LogP contribution < -0.4 is 5.32 Å². The van der Waals surface area contributed by atoms with Gasteiger partial charge >= 0.3 is 0 Å². The summed E-state index contributed by atoms with van der Waals surface area (Å²) in [5.74, 6) is 0.893. The highest BCUT2D eigenvalue weighted by Crippen LogP contribution is 2.28. The van der Waals surface area contributed by atoms with Crippen LogP contribution in [0.25, 0.3) is 0 Å². The van der Waals surface area contributed by atoms with Crippen LogP contribution in [0.3, 0.4) is 0 Å². The lowest BCUT2D eigenvalue weighted by Crippen LogP contribution is -2.55. The Bertz CT molecular complexity index is 194. The number of nitrogens with one attached hydrogen (secondary N) is 1. The molecule has 15 heavy (non-hydrogen) atoms. The summed E-state index contributed by atoms with van der Waals surface area (Å²) in [6.45, 7) is 9.86. The largest absolute Gasteiger partial charge is 0.380 e. The summed E-state index contributed by atoms with van der Waals surface area (Å²) >= 11 is 0. The molecule has 0 aromatic heterocycles. The van der Waals surface area contributed by atoms with E-state index in [1.807, 2.05) is 0 Å². The second-order valence-electron chi connectivity index (χ2n) is 5.04. The van der Waals surface area contributed by atoms with E-state index < -0.39 is 0 Å². The van der Waals surface area contributed by atoms with Crippen molar-refractivity contribution in [3.63, 3.8) is 0 Å². The predicted molar refractivity (Wildman–Crippen MR) is 62.0 cm³/mol. The molecule has 1 saturated carbocycles. The lowest BCUT2D eigenvalue weighted by molar-refractivity contribution is 0.0650. The summed E-state index contributed by atoms with van der Waals surface area (Å²) in [4.78, 5) is 2.54. The van der Waals surface area contributed by atoms with Gasteiger partial charge in [-0.3, -0.25) is 4.90 Å². The molecular weight excluding hydrogens is 188 g/mol. The molecule has 2 atom stereocenters. The van der Waals surface area contributed by atoms with Crippen LogP contribution in [0.2, 0.25) is 0 Å². The molecule has 3 nitrogen and oxygen atoms in total. The fourth-order valence-electron chi connectivity index (χ4n) is 2.16. The summed E-state index contributed by atoms with van der Waals surface area (Å²) in [5, 5.41) is 3.50. The fraction of sp³-hybridized carbons (Fsp3) is 1.00. The van der Waals surface area contributed by atoms with Gasteiger partial charge in [-0.15, -0.1) is 0 Å². The minimum absolute atomic E-state index is 0.613. The zero-order valence-electron chi connectivity index (χ0n) is 10.0. The van der Waals surface area contributed by atoms with Gasteiger partial charge in [0.15, 0.2) is 0 Å². The number of nitrogens with zero attached hydrogens (tertiary/aromatic N) is 1. The normalized spacial score (nSPS) is 33.2. The first-order valence-electron chi connectivity index (χ1n) is 6.32. The third kappa shape index (κ3) is 3.44. The van der Waals surface area contributed by atoms with Crippen LogP contribution in [0.4, 0.5) is 0 Å². The smallest absolute Gasteiger partial charge is 0.0593 e. The van der Waals surface area contributed by atoms with Crippen molar-refractivity contribution in [3.05, 3.63) is 0 Å². The molecule has 0 aromatic carbocycles. The summed E-state index contributed by atoms with van der Waals surface area (Å²) in [6, 6.07) is 1.26. The first-order chi connectivity index (χ1) is 7.27. The summed E-state index contributed by atoms with van der Waals surface area (Å²) in [7, 11) is 0. The van der Waals surface area contributed by atoms with E-state index in [9.17, 15) is 0 Å². The van der Waals surface area contributed by atoms with E-state index >= 15 is 0 Å². The monoisotopic (exact) mass is 212 g/mol. The van der Waals surface area contributed by atoms with Gasteiger partial charge < -0.3 is 10.1 Å². The maximum absolute atomic E-state index is 5.68. The van der Waals surface area contributed by atoms with E-state index in [-0.39, 0.29) is 0 Å². The number of hydrogen-bond donors (Lipinski definition) is 1. The molecule has 2 fully saturated rings. The average Bonchev–Trinajstić information content (AvgIpc) is 3.02. The Hall–Kier alpha value is -0.120. The second kappa shape index (κ2) is 5.28. The van der Waals surface area contributed by atoms with Crippen LogP contribution in [-0.4, -0.2) is 49.8 Å². The van der Waals surface area contributed by atoms with E-state index in [4.69, 9.17) is 4.74 Å². The molecule has 0 spiro atoms. The van der Waals surface area contributed by atoms with Crippen molar-refractivity contribution in [1.29, 1.82) is 0 Å². The van der Waals surface area contributed by atoms with Crippen molar-refractivity contribution in [2.45, 2.75) is 38.8 Å². The molecule has 2 unspecified atom stereocenters. The van der Waals surface area contributed by atoms with Crippen molar-refractivity contribution < 1.29 is 4.74 Å². The quantitative estimate of drug-likeness (QED) is 0.691. The van der Waals surface area contributed by atoms with Gasteiger partial charge in [0.2, 0.25) is 0 Å². The average molecular weight is 212 g/mol. The standard InChI is InChI=1S/C12H24N2O/c1-10-11(2)14(6-5-13-10)7-8-15-9-12-3-4-12/h10-13H,3-9H2,1-2H3. The minimum atomic E-state index is 0.613. The molecule has 0 aromatic rings. The van der Waals surface area contributed by atoms with Gasteiger partial charge in [0.05, 0.1) is 6.61 Å².